The summed E-state index contributed by atoms with van der Waals surface area (Å²) in [6.07, 6.45) is 3.16. The minimum atomic E-state index is 0.568. The Kier molecular flexibility index (Phi) is 1.90. The van der Waals surface area contributed by atoms with Gasteiger partial charge in [-0.25, -0.2) is 0 Å². The molecule has 1 heterocycles. The molecule has 2 nitrogen and oxygen atoms in total. The Morgan fingerprint density at radius 1 is 1.18 bits per heavy atom. The van der Waals surface area contributed by atoms with Crippen LogP contribution >= 0.6 is 0 Å². The highest BCUT2D eigenvalue weighted by Gasteiger charge is 2.39. The summed E-state index contributed by atoms with van der Waals surface area (Å²) in [4.78, 5) is 2.45. The van der Waals surface area contributed by atoms with Crippen molar-refractivity contribution in [2.24, 2.45) is 11.8 Å². The molecule has 0 amide bonds. The zero-order valence-electron chi connectivity index (χ0n) is 7.42. The van der Waals surface area contributed by atoms with Crippen molar-refractivity contribution in [1.29, 1.82) is 0 Å². The maximum Gasteiger partial charge on any atom is 0.0577 e. The number of nitrogens with zero attached hydrogens (tertiary/aromatic N) is 1. The Morgan fingerprint density at radius 3 is 2.18 bits per heavy atom. The Bertz CT molecular complexity index is 134. The molecule has 3 atom stereocenters. The molecule has 1 aliphatic heterocycles. The molecule has 0 aromatic heterocycles. The predicted molar refractivity (Wildman–Crippen MR) is 44.5 cm³/mol. The van der Waals surface area contributed by atoms with Gasteiger partial charge < -0.3 is 9.64 Å². The molecule has 0 radical (unpaired) electrons. The molecule has 1 aliphatic carbocycles. The summed E-state index contributed by atoms with van der Waals surface area (Å²) in [5.74, 6) is 1.87. The Hall–Kier alpha value is -0.0800. The molecular formula is C9H17NO. The van der Waals surface area contributed by atoms with E-state index in [9.17, 15) is 0 Å². The summed E-state index contributed by atoms with van der Waals surface area (Å²) in [5.41, 5.74) is 0. The maximum absolute atomic E-state index is 5.36. The van der Waals surface area contributed by atoms with Gasteiger partial charge in [-0.15, -0.1) is 0 Å². The van der Waals surface area contributed by atoms with Gasteiger partial charge in [0, 0.05) is 20.2 Å². The molecule has 2 aliphatic rings. The molecule has 0 spiro atoms. The second kappa shape index (κ2) is 2.76. The van der Waals surface area contributed by atoms with Gasteiger partial charge >= 0.3 is 0 Å². The smallest absolute Gasteiger partial charge is 0.0577 e. The molecule has 0 N–H and O–H groups in total. The van der Waals surface area contributed by atoms with Crippen molar-refractivity contribution in [3.8, 4) is 0 Å². The molecule has 64 valence electrons. The fourth-order valence-electron chi connectivity index (χ4n) is 2.67. The molecule has 0 aromatic carbocycles. The molecule has 2 rings (SSSR count). The van der Waals surface area contributed by atoms with Crippen LogP contribution in [0.25, 0.3) is 0 Å². The molecule has 1 saturated carbocycles. The lowest BCUT2D eigenvalue weighted by molar-refractivity contribution is 0.0981. The van der Waals surface area contributed by atoms with E-state index >= 15 is 0 Å². The van der Waals surface area contributed by atoms with Crippen molar-refractivity contribution >= 4 is 0 Å². The van der Waals surface area contributed by atoms with E-state index in [4.69, 9.17) is 4.74 Å². The van der Waals surface area contributed by atoms with Gasteiger partial charge in [0.05, 0.1) is 6.10 Å². The molecule has 1 unspecified atom stereocenters. The van der Waals surface area contributed by atoms with Crippen LogP contribution in [0.2, 0.25) is 0 Å². The molecular weight excluding hydrogens is 138 g/mol. The third-order valence-corrected chi connectivity index (χ3v) is 3.22. The van der Waals surface area contributed by atoms with Crippen molar-refractivity contribution in [3.05, 3.63) is 0 Å². The molecule has 0 bridgehead atoms. The van der Waals surface area contributed by atoms with Crippen molar-refractivity contribution in [1.82, 2.24) is 4.90 Å². The summed E-state index contributed by atoms with van der Waals surface area (Å²) < 4.78 is 5.36. The first kappa shape index (κ1) is 7.56. The van der Waals surface area contributed by atoms with Crippen molar-refractivity contribution in [3.63, 3.8) is 0 Å². The van der Waals surface area contributed by atoms with Gasteiger partial charge in [-0.05, 0) is 31.7 Å². The van der Waals surface area contributed by atoms with E-state index in [0.717, 1.165) is 11.8 Å². The monoisotopic (exact) mass is 155 g/mol. The second-order valence-electron chi connectivity index (χ2n) is 4.07. The van der Waals surface area contributed by atoms with E-state index in [1.807, 2.05) is 7.11 Å². The molecule has 0 aromatic rings. The van der Waals surface area contributed by atoms with Gasteiger partial charge in [0.1, 0.15) is 0 Å². The van der Waals surface area contributed by atoms with Crippen LogP contribution in [-0.4, -0.2) is 38.3 Å². The van der Waals surface area contributed by atoms with Crippen LogP contribution in [0.1, 0.15) is 12.8 Å². The lowest BCUT2D eigenvalue weighted by Crippen LogP contribution is -2.18. The van der Waals surface area contributed by atoms with E-state index in [-0.39, 0.29) is 0 Å². The summed E-state index contributed by atoms with van der Waals surface area (Å²) in [6.45, 7) is 2.59. The third-order valence-electron chi connectivity index (χ3n) is 3.22. The topological polar surface area (TPSA) is 12.5 Å². The lowest BCUT2D eigenvalue weighted by Gasteiger charge is -2.12. The number of likely N-dealkylation sites (tertiary alicyclic amines) is 1. The first-order valence-corrected chi connectivity index (χ1v) is 4.51. The van der Waals surface area contributed by atoms with Crippen LogP contribution in [-0.2, 0) is 4.74 Å². The maximum atomic E-state index is 5.36. The fraction of sp³-hybridized carbons (Fsp3) is 1.00. The summed E-state index contributed by atoms with van der Waals surface area (Å²) in [7, 11) is 4.07. The zero-order valence-corrected chi connectivity index (χ0v) is 7.42. The molecule has 1 saturated heterocycles. The number of rotatable bonds is 1. The highest BCUT2D eigenvalue weighted by molar-refractivity contribution is 4.91. The molecule has 11 heavy (non-hydrogen) atoms. The Labute approximate surface area is 68.5 Å². The van der Waals surface area contributed by atoms with E-state index in [1.165, 1.54) is 25.9 Å². The van der Waals surface area contributed by atoms with E-state index in [2.05, 4.69) is 11.9 Å². The van der Waals surface area contributed by atoms with Crippen molar-refractivity contribution in [2.75, 3.05) is 27.2 Å². The van der Waals surface area contributed by atoms with Crippen LogP contribution in [0.4, 0.5) is 0 Å². The second-order valence-corrected chi connectivity index (χ2v) is 4.07. The summed E-state index contributed by atoms with van der Waals surface area (Å²) >= 11 is 0. The van der Waals surface area contributed by atoms with Crippen molar-refractivity contribution in [2.45, 2.75) is 18.9 Å². The highest BCUT2D eigenvalue weighted by atomic mass is 16.5. The number of hydrogen-bond donors (Lipinski definition) is 0. The van der Waals surface area contributed by atoms with Crippen molar-refractivity contribution < 1.29 is 4.74 Å². The van der Waals surface area contributed by atoms with E-state index < -0.39 is 0 Å². The van der Waals surface area contributed by atoms with Gasteiger partial charge in [0.2, 0.25) is 0 Å². The number of fused-ring (bicyclic) bond motifs is 1. The quantitative estimate of drug-likeness (QED) is 0.559. The largest absolute Gasteiger partial charge is 0.381 e. The highest BCUT2D eigenvalue weighted by Crippen LogP contribution is 2.38. The SMILES string of the molecule is CO[C@@H]1CC2CN(C)C[C@@H]2C1. The van der Waals surface area contributed by atoms with E-state index in [0.29, 0.717) is 6.10 Å². The molecule has 2 heteroatoms. The standard InChI is InChI=1S/C9H17NO/c1-10-5-7-3-9(11-2)4-8(7)6-10/h7-9H,3-6H2,1-2H3/t7-,8?,9-/m0/s1. The average Bonchev–Trinajstić information content (AvgIpc) is 2.43. The van der Waals surface area contributed by atoms with Gasteiger partial charge in [-0.2, -0.15) is 0 Å². The minimum absolute atomic E-state index is 0.568. The summed E-state index contributed by atoms with van der Waals surface area (Å²) in [5, 5.41) is 0. The Balaban J connectivity index is 1.93. The normalized spacial score (nSPS) is 44.7. The van der Waals surface area contributed by atoms with Crippen LogP contribution in [0, 0.1) is 11.8 Å². The van der Waals surface area contributed by atoms with Crippen LogP contribution in [0.3, 0.4) is 0 Å². The number of hydrogen-bond acceptors (Lipinski definition) is 2. The Morgan fingerprint density at radius 2 is 1.73 bits per heavy atom. The van der Waals surface area contributed by atoms with Gasteiger partial charge in [0.15, 0.2) is 0 Å². The molecule has 2 fully saturated rings. The number of ether oxygens (including phenoxy) is 1. The van der Waals surface area contributed by atoms with Gasteiger partial charge in [-0.1, -0.05) is 0 Å². The first-order chi connectivity index (χ1) is 5.29. The average molecular weight is 155 g/mol. The van der Waals surface area contributed by atoms with Crippen LogP contribution in [0.15, 0.2) is 0 Å². The number of methoxy groups -OCH3 is 1. The van der Waals surface area contributed by atoms with Gasteiger partial charge in [-0.3, -0.25) is 0 Å². The van der Waals surface area contributed by atoms with Crippen LogP contribution < -0.4 is 0 Å². The minimum Gasteiger partial charge on any atom is -0.381 e. The van der Waals surface area contributed by atoms with Crippen LogP contribution in [0.5, 0.6) is 0 Å². The zero-order chi connectivity index (χ0) is 7.84. The van der Waals surface area contributed by atoms with Gasteiger partial charge in [0.25, 0.3) is 0 Å². The summed E-state index contributed by atoms with van der Waals surface area (Å²) in [6, 6.07) is 0. The lowest BCUT2D eigenvalue weighted by atomic mass is 10.0. The predicted octanol–water partition coefficient (Wildman–Crippen LogP) is 0.973. The fourth-order valence-corrected chi connectivity index (χ4v) is 2.67. The third kappa shape index (κ3) is 1.30. The van der Waals surface area contributed by atoms with E-state index in [1.54, 1.807) is 0 Å². The first-order valence-electron chi connectivity index (χ1n) is 4.51.